The molecule has 1 fully saturated rings. The molecule has 0 saturated carbocycles. The molecule has 1 amide bonds. The summed E-state index contributed by atoms with van der Waals surface area (Å²) in [6.45, 7) is 2.96. The number of benzene rings is 1. The topological polar surface area (TPSA) is 81.3 Å². The Morgan fingerprint density at radius 3 is 2.85 bits per heavy atom. The number of hydrogen-bond donors (Lipinski definition) is 0. The van der Waals surface area contributed by atoms with Crippen molar-refractivity contribution in [3.63, 3.8) is 0 Å². The largest absolute Gasteiger partial charge is 0.492 e. The van der Waals surface area contributed by atoms with Crippen LogP contribution in [0.25, 0.3) is 11.5 Å². The first-order valence-electron chi connectivity index (χ1n) is 8.52. The summed E-state index contributed by atoms with van der Waals surface area (Å²) < 4.78 is 11.0. The van der Waals surface area contributed by atoms with Gasteiger partial charge >= 0.3 is 0 Å². The zero-order valence-corrected chi connectivity index (χ0v) is 14.3. The van der Waals surface area contributed by atoms with Crippen molar-refractivity contribution in [2.75, 3.05) is 18.1 Å². The zero-order chi connectivity index (χ0) is 17.9. The Balaban J connectivity index is 1.57. The lowest BCUT2D eigenvalue weighted by atomic mass is 10.1. The predicted molar refractivity (Wildman–Crippen MR) is 94.9 cm³/mol. The number of pyridine rings is 1. The van der Waals surface area contributed by atoms with Crippen molar-refractivity contribution in [1.29, 1.82) is 0 Å². The van der Waals surface area contributed by atoms with Gasteiger partial charge in [-0.25, -0.2) is 0 Å². The van der Waals surface area contributed by atoms with E-state index in [1.807, 2.05) is 43.3 Å². The van der Waals surface area contributed by atoms with Gasteiger partial charge in [0.2, 0.25) is 5.91 Å². The minimum absolute atomic E-state index is 0.0254. The number of amides is 1. The number of rotatable bonds is 5. The number of para-hydroxylation sites is 2. The van der Waals surface area contributed by atoms with Gasteiger partial charge in [0.05, 0.1) is 12.3 Å². The van der Waals surface area contributed by atoms with Crippen molar-refractivity contribution in [3.05, 3.63) is 54.6 Å². The van der Waals surface area contributed by atoms with E-state index in [0.29, 0.717) is 37.0 Å². The van der Waals surface area contributed by atoms with Gasteiger partial charge in [-0.2, -0.15) is 4.98 Å². The fourth-order valence-corrected chi connectivity index (χ4v) is 3.08. The van der Waals surface area contributed by atoms with E-state index in [9.17, 15) is 4.79 Å². The minimum atomic E-state index is -0.114. The van der Waals surface area contributed by atoms with Crippen molar-refractivity contribution in [2.45, 2.75) is 19.3 Å². The highest BCUT2D eigenvalue weighted by Gasteiger charge is 2.35. The van der Waals surface area contributed by atoms with Gasteiger partial charge in [-0.1, -0.05) is 17.3 Å². The van der Waals surface area contributed by atoms with E-state index in [1.54, 1.807) is 17.3 Å². The maximum absolute atomic E-state index is 12.6. The van der Waals surface area contributed by atoms with Crippen LogP contribution in [0.5, 0.6) is 5.75 Å². The third kappa shape index (κ3) is 3.03. The summed E-state index contributed by atoms with van der Waals surface area (Å²) in [4.78, 5) is 22.7. The molecule has 7 nitrogen and oxygen atoms in total. The third-order valence-corrected chi connectivity index (χ3v) is 4.32. The highest BCUT2D eigenvalue weighted by molar-refractivity contribution is 5.97. The van der Waals surface area contributed by atoms with Crippen LogP contribution in [0.2, 0.25) is 0 Å². The number of carbonyl (C=O) groups excluding carboxylic acids is 1. The van der Waals surface area contributed by atoms with Gasteiger partial charge in [-0.05, 0) is 31.2 Å². The SMILES string of the molecule is CCOc1ccccc1N1CC(c2noc(-c3ccncc3)n2)CC1=O. The standard InChI is InChI=1S/C19H18N4O3/c1-2-25-16-6-4-3-5-15(16)23-12-14(11-17(23)24)18-21-19(26-22-18)13-7-9-20-10-8-13/h3-10,14H,2,11-12H2,1H3. The third-order valence-electron chi connectivity index (χ3n) is 4.32. The molecular formula is C19H18N4O3. The van der Waals surface area contributed by atoms with Crippen molar-refractivity contribution >= 4 is 11.6 Å². The van der Waals surface area contributed by atoms with Crippen LogP contribution in [0.4, 0.5) is 5.69 Å². The number of hydrogen-bond acceptors (Lipinski definition) is 6. The van der Waals surface area contributed by atoms with Crippen molar-refractivity contribution < 1.29 is 14.1 Å². The van der Waals surface area contributed by atoms with E-state index in [4.69, 9.17) is 9.26 Å². The van der Waals surface area contributed by atoms with Gasteiger partial charge < -0.3 is 14.2 Å². The first-order valence-corrected chi connectivity index (χ1v) is 8.52. The predicted octanol–water partition coefficient (Wildman–Crippen LogP) is 3.05. The first-order chi connectivity index (χ1) is 12.8. The molecule has 1 atom stereocenters. The molecular weight excluding hydrogens is 332 g/mol. The van der Waals surface area contributed by atoms with Crippen molar-refractivity contribution in [1.82, 2.24) is 15.1 Å². The van der Waals surface area contributed by atoms with Gasteiger partial charge in [0.1, 0.15) is 5.75 Å². The maximum atomic E-state index is 12.6. The fraction of sp³-hybridized carbons (Fsp3) is 0.263. The average Bonchev–Trinajstić information content (AvgIpc) is 3.30. The van der Waals surface area contributed by atoms with E-state index < -0.39 is 0 Å². The van der Waals surface area contributed by atoms with E-state index in [1.165, 1.54) is 0 Å². The molecule has 132 valence electrons. The van der Waals surface area contributed by atoms with Gasteiger partial charge in [0.25, 0.3) is 5.89 Å². The summed E-state index contributed by atoms with van der Waals surface area (Å²) in [5, 5.41) is 4.08. The van der Waals surface area contributed by atoms with E-state index in [2.05, 4.69) is 15.1 Å². The van der Waals surface area contributed by atoms with Crippen LogP contribution in [0, 0.1) is 0 Å². The second-order valence-corrected chi connectivity index (χ2v) is 6.00. The van der Waals surface area contributed by atoms with Crippen LogP contribution in [0.1, 0.15) is 25.1 Å². The Bertz CT molecular complexity index is 910. The molecule has 1 aliphatic heterocycles. The van der Waals surface area contributed by atoms with Crippen LogP contribution in [-0.4, -0.2) is 34.2 Å². The number of carbonyl (C=O) groups is 1. The van der Waals surface area contributed by atoms with Crippen LogP contribution < -0.4 is 9.64 Å². The van der Waals surface area contributed by atoms with Gasteiger partial charge in [-0.3, -0.25) is 9.78 Å². The zero-order valence-electron chi connectivity index (χ0n) is 14.3. The summed E-state index contributed by atoms with van der Waals surface area (Å²) in [5.74, 6) is 1.59. The Morgan fingerprint density at radius 2 is 2.04 bits per heavy atom. The monoisotopic (exact) mass is 350 g/mol. The summed E-state index contributed by atoms with van der Waals surface area (Å²) in [5.41, 5.74) is 1.58. The Labute approximate surface area is 150 Å². The quantitative estimate of drug-likeness (QED) is 0.703. The smallest absolute Gasteiger partial charge is 0.258 e. The minimum Gasteiger partial charge on any atom is -0.492 e. The average molecular weight is 350 g/mol. The molecule has 1 unspecified atom stereocenters. The van der Waals surface area contributed by atoms with Crippen LogP contribution >= 0.6 is 0 Å². The molecule has 1 saturated heterocycles. The molecule has 0 N–H and O–H groups in total. The Morgan fingerprint density at radius 1 is 1.23 bits per heavy atom. The van der Waals surface area contributed by atoms with E-state index in [0.717, 1.165) is 11.3 Å². The first kappa shape index (κ1) is 16.3. The van der Waals surface area contributed by atoms with E-state index >= 15 is 0 Å². The van der Waals surface area contributed by atoms with E-state index in [-0.39, 0.29) is 11.8 Å². The lowest BCUT2D eigenvalue weighted by Crippen LogP contribution is -2.25. The van der Waals surface area contributed by atoms with Crippen molar-refractivity contribution in [2.24, 2.45) is 0 Å². The Kier molecular flexibility index (Phi) is 4.35. The fourth-order valence-electron chi connectivity index (χ4n) is 3.08. The number of nitrogens with zero attached hydrogens (tertiary/aromatic N) is 4. The highest BCUT2D eigenvalue weighted by atomic mass is 16.5. The van der Waals surface area contributed by atoms with Gasteiger partial charge in [0, 0.05) is 36.8 Å². The lowest BCUT2D eigenvalue weighted by Gasteiger charge is -2.19. The molecule has 26 heavy (non-hydrogen) atoms. The second-order valence-electron chi connectivity index (χ2n) is 6.00. The summed E-state index contributed by atoms with van der Waals surface area (Å²) in [6, 6.07) is 11.2. The second kappa shape index (κ2) is 6.95. The molecule has 3 heterocycles. The number of aromatic nitrogens is 3. The number of ether oxygens (including phenoxy) is 1. The van der Waals surface area contributed by atoms with Crippen molar-refractivity contribution in [3.8, 4) is 17.2 Å². The molecule has 0 aliphatic carbocycles. The summed E-state index contributed by atoms with van der Waals surface area (Å²) in [6.07, 6.45) is 3.69. The maximum Gasteiger partial charge on any atom is 0.258 e. The van der Waals surface area contributed by atoms with Crippen LogP contribution in [-0.2, 0) is 4.79 Å². The molecule has 2 aromatic heterocycles. The summed E-state index contributed by atoms with van der Waals surface area (Å²) in [7, 11) is 0. The molecule has 3 aromatic rings. The Hall–Kier alpha value is -3.22. The molecule has 1 aromatic carbocycles. The lowest BCUT2D eigenvalue weighted by molar-refractivity contribution is -0.117. The molecule has 7 heteroatoms. The molecule has 0 bridgehead atoms. The molecule has 0 radical (unpaired) electrons. The summed E-state index contributed by atoms with van der Waals surface area (Å²) >= 11 is 0. The highest BCUT2D eigenvalue weighted by Crippen LogP contribution is 2.36. The van der Waals surface area contributed by atoms with Crippen LogP contribution in [0.15, 0.2) is 53.3 Å². The van der Waals surface area contributed by atoms with Crippen LogP contribution in [0.3, 0.4) is 0 Å². The molecule has 1 aliphatic rings. The van der Waals surface area contributed by atoms with Gasteiger partial charge in [-0.15, -0.1) is 0 Å². The molecule has 4 rings (SSSR count). The van der Waals surface area contributed by atoms with Gasteiger partial charge in [0.15, 0.2) is 5.82 Å². The molecule has 0 spiro atoms. The number of anilines is 1. The normalized spacial score (nSPS) is 16.9.